The topological polar surface area (TPSA) is 46.9 Å². The smallest absolute Gasteiger partial charge is 0.224 e. The predicted octanol–water partition coefficient (Wildman–Crippen LogP) is 5.69. The van der Waals surface area contributed by atoms with E-state index in [1.165, 1.54) is 5.56 Å². The van der Waals surface area contributed by atoms with Crippen LogP contribution in [0.4, 0.5) is 0 Å². The number of aryl methyl sites for hydroxylation is 1. The first-order valence-electron chi connectivity index (χ1n) is 10.9. The number of fused-ring (bicyclic) bond motifs is 1. The number of hydrogen-bond acceptors (Lipinski definition) is 2. The molecule has 1 N–H and O–H groups in total. The van der Waals surface area contributed by atoms with Gasteiger partial charge in [-0.15, -0.1) is 0 Å². The molecular formula is C27H26ClN3O. The van der Waals surface area contributed by atoms with Crippen LogP contribution in [-0.2, 0) is 24.2 Å². The maximum atomic E-state index is 12.2. The van der Waals surface area contributed by atoms with Gasteiger partial charge in [0, 0.05) is 24.5 Å². The molecule has 1 aromatic heterocycles. The standard InChI is InChI=1S/C27H26ClN3O/c28-23-16-14-22(15-17-23)20-27(32)29-18-6-13-26-30-24-11-4-5-12-25(24)31(26)19-7-10-21-8-2-1-3-9-21/h1-5,7-12,14-17H,6,13,18-20H2,(H,29,32)/b10-7+. The molecule has 0 fully saturated rings. The lowest BCUT2D eigenvalue weighted by atomic mass is 10.1. The summed E-state index contributed by atoms with van der Waals surface area (Å²) >= 11 is 5.90. The van der Waals surface area contributed by atoms with Crippen LogP contribution in [0.1, 0.15) is 23.4 Å². The van der Waals surface area contributed by atoms with Gasteiger partial charge in [-0.25, -0.2) is 4.98 Å². The van der Waals surface area contributed by atoms with Crippen LogP contribution in [-0.4, -0.2) is 22.0 Å². The Morgan fingerprint density at radius 3 is 2.53 bits per heavy atom. The van der Waals surface area contributed by atoms with Crippen molar-refractivity contribution in [2.24, 2.45) is 0 Å². The number of nitrogens with one attached hydrogen (secondary N) is 1. The average molecular weight is 444 g/mol. The number of imidazole rings is 1. The van der Waals surface area contributed by atoms with Gasteiger partial charge in [0.15, 0.2) is 0 Å². The molecule has 0 aliphatic rings. The van der Waals surface area contributed by atoms with Crippen molar-refractivity contribution in [2.45, 2.75) is 25.8 Å². The molecule has 0 saturated carbocycles. The molecule has 0 aliphatic carbocycles. The van der Waals surface area contributed by atoms with E-state index < -0.39 is 0 Å². The Labute approximate surface area is 193 Å². The second kappa shape index (κ2) is 10.8. The Bertz CT molecular complexity index is 1200. The Morgan fingerprint density at radius 2 is 1.72 bits per heavy atom. The van der Waals surface area contributed by atoms with Crippen LogP contribution >= 0.6 is 11.6 Å². The molecule has 0 radical (unpaired) electrons. The number of rotatable bonds is 9. The molecule has 1 amide bonds. The number of carbonyl (C=O) groups is 1. The van der Waals surface area contributed by atoms with Crippen molar-refractivity contribution < 1.29 is 4.79 Å². The molecule has 5 heteroatoms. The van der Waals surface area contributed by atoms with Gasteiger partial charge >= 0.3 is 0 Å². The molecular weight excluding hydrogens is 418 g/mol. The molecule has 4 nitrogen and oxygen atoms in total. The van der Waals surface area contributed by atoms with E-state index in [0.717, 1.165) is 41.8 Å². The first-order chi connectivity index (χ1) is 15.7. The second-order valence-electron chi connectivity index (χ2n) is 7.70. The highest BCUT2D eigenvalue weighted by Crippen LogP contribution is 2.18. The molecule has 0 saturated heterocycles. The summed E-state index contributed by atoms with van der Waals surface area (Å²) in [5.41, 5.74) is 4.27. The third-order valence-corrected chi connectivity index (χ3v) is 5.56. The number of benzene rings is 3. The first kappa shape index (κ1) is 21.8. The molecule has 4 rings (SSSR count). The number of nitrogens with zero attached hydrogens (tertiary/aromatic N) is 2. The lowest BCUT2D eigenvalue weighted by Gasteiger charge is -2.08. The summed E-state index contributed by atoms with van der Waals surface area (Å²) in [7, 11) is 0. The van der Waals surface area contributed by atoms with Crippen LogP contribution in [0.3, 0.4) is 0 Å². The maximum Gasteiger partial charge on any atom is 0.224 e. The summed E-state index contributed by atoms with van der Waals surface area (Å²) in [6.07, 6.45) is 6.30. The zero-order chi connectivity index (χ0) is 22.2. The van der Waals surface area contributed by atoms with Crippen molar-refractivity contribution >= 4 is 34.6 Å². The summed E-state index contributed by atoms with van der Waals surface area (Å²) in [5, 5.41) is 3.69. The van der Waals surface area contributed by atoms with Gasteiger partial charge in [-0.1, -0.05) is 78.4 Å². The van der Waals surface area contributed by atoms with Crippen molar-refractivity contribution in [2.75, 3.05) is 6.54 Å². The van der Waals surface area contributed by atoms with Gasteiger partial charge in [-0.05, 0) is 41.8 Å². The molecule has 0 aliphatic heterocycles. The number of amides is 1. The molecule has 4 aromatic rings. The van der Waals surface area contributed by atoms with Crippen molar-refractivity contribution in [1.82, 2.24) is 14.9 Å². The average Bonchev–Trinajstić information content (AvgIpc) is 3.16. The van der Waals surface area contributed by atoms with E-state index in [-0.39, 0.29) is 5.91 Å². The molecule has 0 atom stereocenters. The zero-order valence-electron chi connectivity index (χ0n) is 17.9. The SMILES string of the molecule is O=C(Cc1ccc(Cl)cc1)NCCCc1nc2ccccc2n1C/C=C/c1ccccc1. The van der Waals surface area contributed by atoms with Crippen LogP contribution in [0, 0.1) is 0 Å². The summed E-state index contributed by atoms with van der Waals surface area (Å²) in [5.74, 6) is 1.06. The minimum absolute atomic E-state index is 0.0200. The Hall–Kier alpha value is -3.37. The highest BCUT2D eigenvalue weighted by Gasteiger charge is 2.10. The van der Waals surface area contributed by atoms with Gasteiger partial charge in [0.2, 0.25) is 5.91 Å². The highest BCUT2D eigenvalue weighted by molar-refractivity contribution is 6.30. The number of para-hydroxylation sites is 2. The molecule has 32 heavy (non-hydrogen) atoms. The van der Waals surface area contributed by atoms with Gasteiger partial charge < -0.3 is 9.88 Å². The zero-order valence-corrected chi connectivity index (χ0v) is 18.6. The fourth-order valence-electron chi connectivity index (χ4n) is 3.70. The Morgan fingerprint density at radius 1 is 0.969 bits per heavy atom. The quantitative estimate of drug-likeness (QED) is 0.337. The fourth-order valence-corrected chi connectivity index (χ4v) is 3.83. The van der Waals surface area contributed by atoms with Gasteiger partial charge in [-0.3, -0.25) is 4.79 Å². The van der Waals surface area contributed by atoms with E-state index in [1.54, 1.807) is 12.1 Å². The largest absolute Gasteiger partial charge is 0.356 e. The van der Waals surface area contributed by atoms with Gasteiger partial charge in [0.05, 0.1) is 17.5 Å². The molecule has 162 valence electrons. The summed E-state index contributed by atoms with van der Waals surface area (Å²) in [6, 6.07) is 25.9. The predicted molar refractivity (Wildman–Crippen MR) is 132 cm³/mol. The van der Waals surface area contributed by atoms with E-state index >= 15 is 0 Å². The van der Waals surface area contributed by atoms with Gasteiger partial charge in [-0.2, -0.15) is 0 Å². The number of carbonyl (C=O) groups excluding carboxylic acids is 1. The van der Waals surface area contributed by atoms with E-state index in [1.807, 2.05) is 48.5 Å². The van der Waals surface area contributed by atoms with Crippen molar-refractivity contribution in [3.63, 3.8) is 0 Å². The number of halogens is 1. The van der Waals surface area contributed by atoms with E-state index in [2.05, 4.69) is 40.2 Å². The van der Waals surface area contributed by atoms with Crippen LogP contribution < -0.4 is 5.32 Å². The minimum Gasteiger partial charge on any atom is -0.356 e. The van der Waals surface area contributed by atoms with E-state index in [4.69, 9.17) is 16.6 Å². The third kappa shape index (κ3) is 5.86. The number of hydrogen-bond donors (Lipinski definition) is 1. The van der Waals surface area contributed by atoms with E-state index in [9.17, 15) is 4.79 Å². The summed E-state index contributed by atoms with van der Waals surface area (Å²) in [4.78, 5) is 17.1. The normalized spacial score (nSPS) is 11.3. The molecule has 0 spiro atoms. The first-order valence-corrected chi connectivity index (χ1v) is 11.2. The van der Waals surface area contributed by atoms with Crippen LogP contribution in [0.15, 0.2) is 84.9 Å². The monoisotopic (exact) mass is 443 g/mol. The highest BCUT2D eigenvalue weighted by atomic mass is 35.5. The number of aromatic nitrogens is 2. The van der Waals surface area contributed by atoms with Gasteiger partial charge in [0.1, 0.15) is 5.82 Å². The van der Waals surface area contributed by atoms with Gasteiger partial charge in [0.25, 0.3) is 0 Å². The number of allylic oxidation sites excluding steroid dienone is 1. The molecule has 3 aromatic carbocycles. The summed E-state index contributed by atoms with van der Waals surface area (Å²) < 4.78 is 2.25. The van der Waals surface area contributed by atoms with E-state index in [0.29, 0.717) is 18.0 Å². The minimum atomic E-state index is 0.0200. The maximum absolute atomic E-state index is 12.2. The molecule has 0 unspecified atom stereocenters. The van der Waals surface area contributed by atoms with Crippen molar-refractivity contribution in [1.29, 1.82) is 0 Å². The molecule has 0 bridgehead atoms. The van der Waals surface area contributed by atoms with Crippen molar-refractivity contribution in [3.05, 3.63) is 107 Å². The lowest BCUT2D eigenvalue weighted by molar-refractivity contribution is -0.120. The third-order valence-electron chi connectivity index (χ3n) is 5.31. The Kier molecular flexibility index (Phi) is 7.36. The summed E-state index contributed by atoms with van der Waals surface area (Å²) in [6.45, 7) is 1.38. The fraction of sp³-hybridized carbons (Fsp3) is 0.185. The van der Waals surface area contributed by atoms with Crippen molar-refractivity contribution in [3.8, 4) is 0 Å². The molecule has 1 heterocycles. The Balaban J connectivity index is 1.35. The second-order valence-corrected chi connectivity index (χ2v) is 8.13. The van der Waals surface area contributed by atoms with Crippen LogP contribution in [0.25, 0.3) is 17.1 Å². The van der Waals surface area contributed by atoms with Crippen LogP contribution in [0.2, 0.25) is 5.02 Å². The van der Waals surface area contributed by atoms with Crippen LogP contribution in [0.5, 0.6) is 0 Å². The lowest BCUT2D eigenvalue weighted by Crippen LogP contribution is -2.26.